The van der Waals surface area contributed by atoms with E-state index in [-0.39, 0.29) is 24.8 Å². The summed E-state index contributed by atoms with van der Waals surface area (Å²) in [6, 6.07) is 9.10. The van der Waals surface area contributed by atoms with Gasteiger partial charge in [0.1, 0.15) is 5.71 Å². The smallest absolute Gasteiger partial charge is 0.267 e. The number of carbonyl (C=O) groups is 2. The van der Waals surface area contributed by atoms with Crippen LogP contribution >= 0.6 is 0 Å². The van der Waals surface area contributed by atoms with E-state index >= 15 is 0 Å². The summed E-state index contributed by atoms with van der Waals surface area (Å²) in [5.41, 5.74) is 1.05. The second kappa shape index (κ2) is 6.29. The SMILES string of the molecule is CN1N=C(C(=O)NCC(O)c2ccccc2)CCC1=O. The molecule has 6 heteroatoms. The average Bonchev–Trinajstić information content (AvgIpc) is 2.48. The van der Waals surface area contributed by atoms with E-state index in [1.54, 1.807) is 12.1 Å². The summed E-state index contributed by atoms with van der Waals surface area (Å²) >= 11 is 0. The molecule has 1 unspecified atom stereocenters. The number of benzene rings is 1. The molecule has 1 aromatic rings. The molecule has 1 atom stereocenters. The lowest BCUT2D eigenvalue weighted by Gasteiger charge is -2.19. The van der Waals surface area contributed by atoms with Crippen LogP contribution in [0.15, 0.2) is 35.4 Å². The quantitative estimate of drug-likeness (QED) is 0.836. The highest BCUT2D eigenvalue weighted by atomic mass is 16.3. The average molecular weight is 275 g/mol. The predicted molar refractivity (Wildman–Crippen MR) is 73.9 cm³/mol. The third-order valence-electron chi connectivity index (χ3n) is 3.11. The number of hydrogen-bond donors (Lipinski definition) is 2. The summed E-state index contributed by atoms with van der Waals surface area (Å²) in [5, 5.41) is 17.7. The molecule has 0 saturated carbocycles. The van der Waals surface area contributed by atoms with Gasteiger partial charge >= 0.3 is 0 Å². The molecule has 0 bridgehead atoms. The highest BCUT2D eigenvalue weighted by Crippen LogP contribution is 2.11. The van der Waals surface area contributed by atoms with Crippen LogP contribution in [0.25, 0.3) is 0 Å². The molecule has 1 aromatic carbocycles. The molecule has 2 N–H and O–H groups in total. The van der Waals surface area contributed by atoms with Crippen molar-refractivity contribution in [2.75, 3.05) is 13.6 Å². The fraction of sp³-hybridized carbons (Fsp3) is 0.357. The second-order valence-electron chi connectivity index (χ2n) is 4.60. The number of nitrogens with zero attached hydrogens (tertiary/aromatic N) is 2. The Morgan fingerprint density at radius 2 is 2.10 bits per heavy atom. The van der Waals surface area contributed by atoms with Gasteiger partial charge in [-0.25, -0.2) is 5.01 Å². The molecular formula is C14H17N3O3. The Labute approximate surface area is 117 Å². The van der Waals surface area contributed by atoms with Crippen molar-refractivity contribution in [1.82, 2.24) is 10.3 Å². The molecule has 1 heterocycles. The molecule has 6 nitrogen and oxygen atoms in total. The van der Waals surface area contributed by atoms with Gasteiger partial charge in [0, 0.05) is 26.4 Å². The summed E-state index contributed by atoms with van der Waals surface area (Å²) in [6.07, 6.45) is -0.149. The van der Waals surface area contributed by atoms with E-state index in [0.717, 1.165) is 5.56 Å². The van der Waals surface area contributed by atoms with E-state index in [0.29, 0.717) is 12.1 Å². The standard InChI is InChI=1S/C14H17N3O3/c1-17-13(19)8-7-11(16-17)14(20)15-9-12(18)10-5-3-2-4-6-10/h2-6,12,18H,7-9H2,1H3,(H,15,20). The van der Waals surface area contributed by atoms with Gasteiger partial charge in [0.2, 0.25) is 5.91 Å². The van der Waals surface area contributed by atoms with Gasteiger partial charge in [-0.15, -0.1) is 0 Å². The zero-order valence-electron chi connectivity index (χ0n) is 11.2. The number of hydrogen-bond acceptors (Lipinski definition) is 4. The van der Waals surface area contributed by atoms with Crippen LogP contribution in [0, 0.1) is 0 Å². The number of carbonyl (C=O) groups excluding carboxylic acids is 2. The van der Waals surface area contributed by atoms with Gasteiger partial charge in [-0.05, 0) is 5.56 Å². The van der Waals surface area contributed by atoms with Crippen LogP contribution < -0.4 is 5.32 Å². The fourth-order valence-corrected chi connectivity index (χ4v) is 1.92. The number of hydrazone groups is 1. The Hall–Kier alpha value is -2.21. The minimum Gasteiger partial charge on any atom is -0.387 e. The van der Waals surface area contributed by atoms with Crippen LogP contribution in [0.5, 0.6) is 0 Å². The van der Waals surface area contributed by atoms with E-state index in [4.69, 9.17) is 0 Å². The first-order chi connectivity index (χ1) is 9.58. The number of amides is 2. The predicted octanol–water partition coefficient (Wildman–Crippen LogP) is 0.444. The number of nitrogens with one attached hydrogen (secondary N) is 1. The van der Waals surface area contributed by atoms with E-state index < -0.39 is 6.10 Å². The zero-order valence-corrected chi connectivity index (χ0v) is 11.2. The van der Waals surface area contributed by atoms with Gasteiger partial charge in [-0.2, -0.15) is 5.10 Å². The maximum absolute atomic E-state index is 11.9. The van der Waals surface area contributed by atoms with Gasteiger partial charge in [-0.1, -0.05) is 30.3 Å². The Kier molecular flexibility index (Phi) is 4.47. The van der Waals surface area contributed by atoms with Crippen molar-refractivity contribution in [2.45, 2.75) is 18.9 Å². The van der Waals surface area contributed by atoms with Crippen molar-refractivity contribution in [2.24, 2.45) is 5.10 Å². The molecule has 2 amide bonds. The summed E-state index contributed by atoms with van der Waals surface area (Å²) in [6.45, 7) is 0.111. The van der Waals surface area contributed by atoms with Gasteiger partial charge in [0.05, 0.1) is 6.10 Å². The Morgan fingerprint density at radius 3 is 2.75 bits per heavy atom. The molecule has 1 aliphatic heterocycles. The van der Waals surface area contributed by atoms with Gasteiger partial charge in [-0.3, -0.25) is 9.59 Å². The lowest BCUT2D eigenvalue weighted by molar-refractivity contribution is -0.130. The van der Waals surface area contributed by atoms with Crippen LogP contribution in [0.2, 0.25) is 0 Å². The van der Waals surface area contributed by atoms with Crippen molar-refractivity contribution in [1.29, 1.82) is 0 Å². The van der Waals surface area contributed by atoms with E-state index in [2.05, 4.69) is 10.4 Å². The highest BCUT2D eigenvalue weighted by Gasteiger charge is 2.22. The summed E-state index contributed by atoms with van der Waals surface area (Å²) in [7, 11) is 1.52. The Morgan fingerprint density at radius 1 is 1.40 bits per heavy atom. The number of aliphatic hydroxyl groups excluding tert-OH is 1. The lowest BCUT2D eigenvalue weighted by Crippen LogP contribution is -2.39. The lowest BCUT2D eigenvalue weighted by atomic mass is 10.1. The van der Waals surface area contributed by atoms with Crippen molar-refractivity contribution < 1.29 is 14.7 Å². The maximum atomic E-state index is 11.9. The molecule has 1 aliphatic rings. The van der Waals surface area contributed by atoms with Gasteiger partial charge < -0.3 is 10.4 Å². The van der Waals surface area contributed by atoms with Crippen molar-refractivity contribution in [3.8, 4) is 0 Å². The molecule has 0 fully saturated rings. The molecule has 0 radical (unpaired) electrons. The second-order valence-corrected chi connectivity index (χ2v) is 4.60. The number of aliphatic hydroxyl groups is 1. The maximum Gasteiger partial charge on any atom is 0.267 e. The van der Waals surface area contributed by atoms with Crippen LogP contribution in [0.3, 0.4) is 0 Å². The molecule has 0 aromatic heterocycles. The minimum atomic E-state index is -0.760. The Bertz CT molecular complexity index is 528. The van der Waals surface area contributed by atoms with Crippen LogP contribution in [-0.2, 0) is 9.59 Å². The van der Waals surface area contributed by atoms with Crippen LogP contribution in [-0.4, -0.2) is 41.2 Å². The summed E-state index contributed by atoms with van der Waals surface area (Å²) in [4.78, 5) is 23.2. The van der Waals surface area contributed by atoms with E-state index in [1.165, 1.54) is 12.1 Å². The summed E-state index contributed by atoms with van der Waals surface area (Å²) in [5.74, 6) is -0.454. The van der Waals surface area contributed by atoms with Crippen molar-refractivity contribution in [3.05, 3.63) is 35.9 Å². The van der Waals surface area contributed by atoms with Crippen molar-refractivity contribution >= 4 is 17.5 Å². The molecule has 0 saturated heterocycles. The normalized spacial score (nSPS) is 16.6. The van der Waals surface area contributed by atoms with E-state index in [9.17, 15) is 14.7 Å². The largest absolute Gasteiger partial charge is 0.387 e. The Balaban J connectivity index is 1.90. The minimum absolute atomic E-state index is 0.106. The highest BCUT2D eigenvalue weighted by molar-refractivity contribution is 6.39. The monoisotopic (exact) mass is 275 g/mol. The molecule has 0 spiro atoms. The molecule has 2 rings (SSSR count). The van der Waals surface area contributed by atoms with Gasteiger partial charge in [0.15, 0.2) is 0 Å². The summed E-state index contributed by atoms with van der Waals surface area (Å²) < 4.78 is 0. The topological polar surface area (TPSA) is 82.0 Å². The zero-order chi connectivity index (χ0) is 14.5. The number of rotatable bonds is 4. The third kappa shape index (κ3) is 3.42. The van der Waals surface area contributed by atoms with Crippen LogP contribution in [0.1, 0.15) is 24.5 Å². The van der Waals surface area contributed by atoms with E-state index in [1.807, 2.05) is 18.2 Å². The fourth-order valence-electron chi connectivity index (χ4n) is 1.92. The third-order valence-corrected chi connectivity index (χ3v) is 3.11. The first-order valence-corrected chi connectivity index (χ1v) is 6.43. The van der Waals surface area contributed by atoms with Crippen LogP contribution in [0.4, 0.5) is 0 Å². The molecule has 106 valence electrons. The molecule has 0 aliphatic carbocycles. The van der Waals surface area contributed by atoms with Crippen molar-refractivity contribution in [3.63, 3.8) is 0 Å². The molecular weight excluding hydrogens is 258 g/mol. The molecule has 20 heavy (non-hydrogen) atoms. The van der Waals surface area contributed by atoms with Gasteiger partial charge in [0.25, 0.3) is 5.91 Å². The first kappa shape index (κ1) is 14.2. The first-order valence-electron chi connectivity index (χ1n) is 6.43.